The molecule has 0 aromatic carbocycles. The number of nitrogens with one attached hydrogen (secondary N) is 4. The van der Waals surface area contributed by atoms with Gasteiger partial charge in [0.25, 0.3) is 0 Å². The van der Waals surface area contributed by atoms with Gasteiger partial charge in [0.15, 0.2) is 0 Å². The van der Waals surface area contributed by atoms with Gasteiger partial charge in [-0.1, -0.05) is 27.7 Å². The lowest BCUT2D eigenvalue weighted by Crippen LogP contribution is -2.59. The summed E-state index contributed by atoms with van der Waals surface area (Å²) >= 11 is 3.81. The smallest absolute Gasteiger partial charge is 0.305 e. The van der Waals surface area contributed by atoms with Crippen molar-refractivity contribution in [2.75, 3.05) is 0 Å². The van der Waals surface area contributed by atoms with Crippen LogP contribution in [0.4, 0.5) is 0 Å². The van der Waals surface area contributed by atoms with Crippen LogP contribution in [0.1, 0.15) is 39.8 Å². The lowest BCUT2D eigenvalue weighted by Gasteiger charge is -2.27. The molecular formula is C20H32N6O6S. The molecule has 0 aliphatic heterocycles. The molecule has 13 heteroatoms. The highest BCUT2D eigenvalue weighted by atomic mass is 32.1. The third-order valence-electron chi connectivity index (χ3n) is 4.87. The SMILES string of the molecule is CC(C)[C@H](N)C(=O)N[C@@H](CC(=O)O)C(=O)N[C@H](C(=O)N[C@@H](Cc1cnc[nH]1)C(=O)S)C(C)C. The summed E-state index contributed by atoms with van der Waals surface area (Å²) in [6.45, 7) is 6.74. The number of hydrogen-bond acceptors (Lipinski definition) is 7. The van der Waals surface area contributed by atoms with Crippen LogP contribution in [0.15, 0.2) is 12.5 Å². The van der Waals surface area contributed by atoms with Crippen LogP contribution >= 0.6 is 12.6 Å². The Hall–Kier alpha value is -2.93. The van der Waals surface area contributed by atoms with Gasteiger partial charge in [0.1, 0.15) is 18.1 Å². The van der Waals surface area contributed by atoms with Crippen molar-refractivity contribution in [2.24, 2.45) is 17.6 Å². The fraction of sp³-hybridized carbons (Fsp3) is 0.600. The zero-order valence-corrected chi connectivity index (χ0v) is 19.9. The monoisotopic (exact) mass is 484 g/mol. The zero-order valence-electron chi connectivity index (χ0n) is 19.0. The molecule has 3 amide bonds. The van der Waals surface area contributed by atoms with Gasteiger partial charge in [0.2, 0.25) is 22.8 Å². The van der Waals surface area contributed by atoms with Gasteiger partial charge in [-0.2, -0.15) is 0 Å². The molecule has 1 aromatic heterocycles. The van der Waals surface area contributed by atoms with E-state index in [1.54, 1.807) is 27.7 Å². The number of H-pyrrole nitrogens is 1. The number of nitrogens with two attached hydrogens (primary N) is 1. The standard InChI is InChI=1S/C20H32N6O6S/c1-9(2)15(21)18(30)24-12(6-14(27)28)17(29)26-16(10(3)4)19(31)25-13(20(32)33)5-11-7-22-8-23-11/h7-10,12-13,15-16H,5-6,21H2,1-4H3,(H,22,23)(H,24,30)(H,25,31)(H,26,29)(H,27,28)(H,32,33)/t12-,13-,15-,16-/m0/s1. The number of nitrogens with zero attached hydrogens (tertiary/aromatic N) is 1. The number of rotatable bonds is 13. The molecule has 0 unspecified atom stereocenters. The van der Waals surface area contributed by atoms with E-state index in [1.165, 1.54) is 12.5 Å². The Morgan fingerprint density at radius 3 is 2.06 bits per heavy atom. The molecule has 1 rings (SSSR count). The minimum absolute atomic E-state index is 0.109. The fourth-order valence-electron chi connectivity index (χ4n) is 2.82. The molecule has 0 spiro atoms. The zero-order chi connectivity index (χ0) is 25.3. The van der Waals surface area contributed by atoms with E-state index in [9.17, 15) is 24.0 Å². The van der Waals surface area contributed by atoms with Gasteiger partial charge in [-0.3, -0.25) is 24.0 Å². The van der Waals surface area contributed by atoms with Crippen molar-refractivity contribution in [2.45, 2.75) is 64.7 Å². The Kier molecular flexibility index (Phi) is 11.0. The number of carbonyl (C=O) groups is 5. The first-order valence-corrected chi connectivity index (χ1v) is 10.9. The Balaban J connectivity index is 2.95. The molecule has 0 aliphatic carbocycles. The lowest BCUT2D eigenvalue weighted by atomic mass is 10.0. The van der Waals surface area contributed by atoms with Crippen molar-refractivity contribution in [3.63, 3.8) is 0 Å². The van der Waals surface area contributed by atoms with Gasteiger partial charge in [-0.25, -0.2) is 4.98 Å². The van der Waals surface area contributed by atoms with Crippen molar-refractivity contribution >= 4 is 41.4 Å². The van der Waals surface area contributed by atoms with Crippen molar-refractivity contribution < 1.29 is 29.1 Å². The van der Waals surface area contributed by atoms with Crippen LogP contribution in [-0.2, 0) is 30.4 Å². The maximum Gasteiger partial charge on any atom is 0.305 e. The largest absolute Gasteiger partial charge is 0.481 e. The van der Waals surface area contributed by atoms with Crippen LogP contribution in [0.2, 0.25) is 0 Å². The normalized spacial score (nSPS) is 14.8. The van der Waals surface area contributed by atoms with E-state index >= 15 is 0 Å². The minimum Gasteiger partial charge on any atom is -0.481 e. The van der Waals surface area contributed by atoms with E-state index in [-0.39, 0.29) is 12.3 Å². The summed E-state index contributed by atoms with van der Waals surface area (Å²) in [5.41, 5.74) is 6.37. The Morgan fingerprint density at radius 1 is 1.00 bits per heavy atom. The first-order valence-electron chi connectivity index (χ1n) is 10.4. The van der Waals surface area contributed by atoms with Crippen LogP contribution < -0.4 is 21.7 Å². The highest BCUT2D eigenvalue weighted by Crippen LogP contribution is 2.08. The molecule has 0 fully saturated rings. The van der Waals surface area contributed by atoms with Crippen molar-refractivity contribution in [1.82, 2.24) is 25.9 Å². The number of carboxylic acid groups (broad SMARTS) is 1. The number of carboxylic acids is 1. The number of carbonyl (C=O) groups excluding carboxylic acids is 4. The number of thiol groups is 1. The molecule has 0 saturated carbocycles. The fourth-order valence-corrected chi connectivity index (χ4v) is 2.98. The quantitative estimate of drug-likeness (QED) is 0.173. The molecule has 184 valence electrons. The van der Waals surface area contributed by atoms with E-state index in [0.717, 1.165) is 0 Å². The third-order valence-corrected chi connectivity index (χ3v) is 5.18. The van der Waals surface area contributed by atoms with Gasteiger partial charge in [0.05, 0.1) is 18.8 Å². The number of imidazole rings is 1. The summed E-state index contributed by atoms with van der Waals surface area (Å²) in [6.07, 6.45) is 2.33. The molecule has 0 radical (unpaired) electrons. The molecule has 33 heavy (non-hydrogen) atoms. The average molecular weight is 485 g/mol. The second-order valence-electron chi connectivity index (χ2n) is 8.34. The van der Waals surface area contributed by atoms with Gasteiger partial charge in [-0.05, 0) is 11.8 Å². The first kappa shape index (κ1) is 28.1. The summed E-state index contributed by atoms with van der Waals surface area (Å²) in [4.78, 5) is 67.7. The molecule has 0 saturated heterocycles. The molecule has 0 bridgehead atoms. The molecular weight excluding hydrogens is 452 g/mol. The molecule has 0 aliphatic rings. The van der Waals surface area contributed by atoms with Gasteiger partial charge in [-0.15, -0.1) is 12.6 Å². The molecule has 1 heterocycles. The van der Waals surface area contributed by atoms with E-state index in [0.29, 0.717) is 5.69 Å². The molecule has 12 nitrogen and oxygen atoms in total. The summed E-state index contributed by atoms with van der Waals surface area (Å²) in [5.74, 6) is -4.19. The molecule has 4 atom stereocenters. The van der Waals surface area contributed by atoms with Crippen LogP contribution in [0, 0.1) is 11.8 Å². The summed E-state index contributed by atoms with van der Waals surface area (Å²) in [7, 11) is 0. The van der Waals surface area contributed by atoms with E-state index < -0.39 is 65.3 Å². The topological polar surface area (TPSA) is 196 Å². The lowest BCUT2D eigenvalue weighted by molar-refractivity contribution is -0.141. The van der Waals surface area contributed by atoms with Crippen LogP contribution in [0.5, 0.6) is 0 Å². The van der Waals surface area contributed by atoms with Crippen molar-refractivity contribution in [3.8, 4) is 0 Å². The Labute approximate surface area is 197 Å². The van der Waals surface area contributed by atoms with Crippen molar-refractivity contribution in [1.29, 1.82) is 0 Å². The minimum atomic E-state index is -1.44. The Bertz CT molecular complexity index is 844. The number of amides is 3. The van der Waals surface area contributed by atoms with Crippen LogP contribution in [0.3, 0.4) is 0 Å². The van der Waals surface area contributed by atoms with Gasteiger partial charge in [0, 0.05) is 18.3 Å². The highest BCUT2D eigenvalue weighted by Gasteiger charge is 2.33. The van der Waals surface area contributed by atoms with Crippen LogP contribution in [0.25, 0.3) is 0 Å². The first-order chi connectivity index (χ1) is 15.3. The molecule has 1 aromatic rings. The summed E-state index contributed by atoms with van der Waals surface area (Å²) < 4.78 is 0. The van der Waals surface area contributed by atoms with Crippen molar-refractivity contribution in [3.05, 3.63) is 18.2 Å². The van der Waals surface area contributed by atoms with Gasteiger partial charge >= 0.3 is 5.97 Å². The number of aromatic amines is 1. The Morgan fingerprint density at radius 2 is 1.61 bits per heavy atom. The maximum atomic E-state index is 12.9. The number of aliphatic carboxylic acids is 1. The maximum absolute atomic E-state index is 12.9. The summed E-state index contributed by atoms with van der Waals surface area (Å²) in [5, 5.41) is 15.9. The van der Waals surface area contributed by atoms with Crippen LogP contribution in [-0.4, -0.2) is 68.0 Å². The van der Waals surface area contributed by atoms with E-state index in [2.05, 4.69) is 38.5 Å². The second kappa shape index (κ2) is 12.9. The van der Waals surface area contributed by atoms with E-state index in [4.69, 9.17) is 10.8 Å². The second-order valence-corrected chi connectivity index (χ2v) is 8.78. The number of aromatic nitrogens is 2. The summed E-state index contributed by atoms with van der Waals surface area (Å²) in [6, 6.07) is -4.48. The van der Waals surface area contributed by atoms with E-state index in [1.807, 2.05) is 0 Å². The van der Waals surface area contributed by atoms with Gasteiger partial charge < -0.3 is 31.8 Å². The third kappa shape index (κ3) is 9.22. The number of hydrogen-bond donors (Lipinski definition) is 7. The highest BCUT2D eigenvalue weighted by molar-refractivity contribution is 7.96. The molecule has 7 N–H and O–H groups in total. The predicted molar refractivity (Wildman–Crippen MR) is 122 cm³/mol. The average Bonchev–Trinajstić information content (AvgIpc) is 3.22. The predicted octanol–water partition coefficient (Wildman–Crippen LogP) is -1.02.